The zero-order valence-electron chi connectivity index (χ0n) is 20.4. The lowest BCUT2D eigenvalue weighted by molar-refractivity contribution is -0.126. The van der Waals surface area contributed by atoms with Crippen molar-refractivity contribution in [1.29, 1.82) is 0 Å². The van der Waals surface area contributed by atoms with Crippen LogP contribution in [0, 0.1) is 5.92 Å². The van der Waals surface area contributed by atoms with Crippen LogP contribution in [0.2, 0.25) is 5.02 Å². The van der Waals surface area contributed by atoms with Crippen molar-refractivity contribution in [1.82, 2.24) is 20.4 Å². The Hall–Kier alpha value is -2.90. The Balaban J connectivity index is 1.16. The van der Waals surface area contributed by atoms with E-state index < -0.39 is 0 Å². The molecule has 0 spiro atoms. The van der Waals surface area contributed by atoms with Crippen molar-refractivity contribution < 1.29 is 14.1 Å². The molecule has 0 radical (unpaired) electrons. The van der Waals surface area contributed by atoms with Gasteiger partial charge in [0, 0.05) is 18.0 Å². The zero-order valence-corrected chi connectivity index (χ0v) is 21.1. The second kappa shape index (κ2) is 12.2. The number of ether oxygens (including phenoxy) is 1. The number of carbonyl (C=O) groups excluding carboxylic acids is 1. The van der Waals surface area contributed by atoms with Crippen molar-refractivity contribution in [2.45, 2.75) is 52.2 Å². The van der Waals surface area contributed by atoms with Gasteiger partial charge in [0.15, 0.2) is 0 Å². The molecule has 2 heterocycles. The molecule has 0 atom stereocenters. The highest BCUT2D eigenvalue weighted by Crippen LogP contribution is 2.26. The molecule has 0 aliphatic carbocycles. The van der Waals surface area contributed by atoms with Crippen LogP contribution in [0.15, 0.2) is 53.1 Å². The van der Waals surface area contributed by atoms with Crippen molar-refractivity contribution in [2.24, 2.45) is 5.92 Å². The molecule has 1 amide bonds. The Kier molecular flexibility index (Phi) is 8.77. The molecule has 1 fully saturated rings. The summed E-state index contributed by atoms with van der Waals surface area (Å²) in [5.41, 5.74) is 1.99. The predicted molar refractivity (Wildman–Crippen MR) is 136 cm³/mol. The van der Waals surface area contributed by atoms with E-state index in [0.717, 1.165) is 50.1 Å². The van der Waals surface area contributed by atoms with Gasteiger partial charge in [-0.25, -0.2) is 0 Å². The fraction of sp³-hybridized carbons (Fsp3) is 0.444. The van der Waals surface area contributed by atoms with E-state index in [1.165, 1.54) is 5.56 Å². The molecule has 0 saturated carbocycles. The summed E-state index contributed by atoms with van der Waals surface area (Å²) < 4.78 is 11.2. The first-order valence-corrected chi connectivity index (χ1v) is 12.7. The van der Waals surface area contributed by atoms with E-state index in [2.05, 4.69) is 32.5 Å². The molecule has 7 nitrogen and oxygen atoms in total. The fourth-order valence-electron chi connectivity index (χ4n) is 4.31. The number of halogens is 1. The van der Waals surface area contributed by atoms with Crippen molar-refractivity contribution in [3.8, 4) is 17.1 Å². The van der Waals surface area contributed by atoms with Gasteiger partial charge in [0.1, 0.15) is 5.75 Å². The number of nitrogens with zero attached hydrogens (tertiary/aromatic N) is 3. The molecule has 8 heteroatoms. The van der Waals surface area contributed by atoms with Crippen LogP contribution in [0.25, 0.3) is 11.4 Å². The van der Waals surface area contributed by atoms with Gasteiger partial charge in [-0.05, 0) is 82.4 Å². The van der Waals surface area contributed by atoms with Gasteiger partial charge < -0.3 is 14.6 Å². The highest BCUT2D eigenvalue weighted by atomic mass is 35.5. The minimum atomic E-state index is 0.0513. The molecule has 35 heavy (non-hydrogen) atoms. The summed E-state index contributed by atoms with van der Waals surface area (Å²) in [6.45, 7) is 6.95. The van der Waals surface area contributed by atoms with Crippen LogP contribution in [0.1, 0.15) is 44.6 Å². The second-order valence-electron chi connectivity index (χ2n) is 9.25. The Morgan fingerprint density at radius 2 is 2.00 bits per heavy atom. The molecule has 0 bridgehead atoms. The molecule has 186 valence electrons. The topological polar surface area (TPSA) is 80.5 Å². The molecular formula is C27H33ClN4O3. The van der Waals surface area contributed by atoms with Gasteiger partial charge in [-0.15, -0.1) is 0 Å². The van der Waals surface area contributed by atoms with Crippen molar-refractivity contribution in [3.05, 3.63) is 65.0 Å². The standard InChI is InChI=1S/C27H33ClN4O3/c1-19(2)34-22-9-5-7-20(17-22)8-6-14-29-27(33)21-12-15-32(16-13-21)18-25-30-26(31-35-25)23-10-3-4-11-24(23)28/h3-5,7,9-11,17,19,21H,6,8,12-16,18H2,1-2H3,(H,29,33). The number of rotatable bonds is 10. The molecule has 1 aliphatic heterocycles. The van der Waals surface area contributed by atoms with Crippen molar-refractivity contribution in [3.63, 3.8) is 0 Å². The summed E-state index contributed by atoms with van der Waals surface area (Å²) >= 11 is 6.23. The van der Waals surface area contributed by atoms with E-state index in [9.17, 15) is 4.79 Å². The first kappa shape index (κ1) is 25.2. The molecular weight excluding hydrogens is 464 g/mol. The van der Waals surface area contributed by atoms with Gasteiger partial charge in [0.05, 0.1) is 17.7 Å². The van der Waals surface area contributed by atoms with Crippen LogP contribution >= 0.6 is 11.6 Å². The first-order chi connectivity index (χ1) is 17.0. The monoisotopic (exact) mass is 496 g/mol. The van der Waals surface area contributed by atoms with Crippen LogP contribution in [-0.4, -0.2) is 46.7 Å². The van der Waals surface area contributed by atoms with Gasteiger partial charge in [0.25, 0.3) is 0 Å². The van der Waals surface area contributed by atoms with Gasteiger partial charge in [0.2, 0.25) is 17.6 Å². The molecule has 2 aromatic carbocycles. The van der Waals surface area contributed by atoms with Crippen LogP contribution in [-0.2, 0) is 17.8 Å². The smallest absolute Gasteiger partial charge is 0.241 e. The molecule has 0 unspecified atom stereocenters. The first-order valence-electron chi connectivity index (χ1n) is 12.3. The van der Waals surface area contributed by atoms with Crippen LogP contribution in [0.4, 0.5) is 0 Å². The van der Waals surface area contributed by atoms with Gasteiger partial charge >= 0.3 is 0 Å². The van der Waals surface area contributed by atoms with Gasteiger partial charge in [-0.1, -0.05) is 41.0 Å². The average Bonchev–Trinajstić information content (AvgIpc) is 3.30. The van der Waals surface area contributed by atoms with Crippen LogP contribution < -0.4 is 10.1 Å². The third-order valence-electron chi connectivity index (χ3n) is 6.11. The fourth-order valence-corrected chi connectivity index (χ4v) is 4.53. The molecule has 1 aliphatic rings. The summed E-state index contributed by atoms with van der Waals surface area (Å²) in [6.07, 6.45) is 3.63. The number of nitrogens with one attached hydrogen (secondary N) is 1. The maximum absolute atomic E-state index is 12.6. The maximum atomic E-state index is 12.6. The van der Waals surface area contributed by atoms with Crippen molar-refractivity contribution >= 4 is 17.5 Å². The summed E-state index contributed by atoms with van der Waals surface area (Å²) in [5, 5.41) is 7.78. The summed E-state index contributed by atoms with van der Waals surface area (Å²) in [6, 6.07) is 15.6. The number of amides is 1. The molecule has 1 aromatic heterocycles. The normalized spacial score (nSPS) is 14.9. The van der Waals surface area contributed by atoms with E-state index in [0.29, 0.717) is 29.8 Å². The van der Waals surface area contributed by atoms with Gasteiger partial charge in [-0.2, -0.15) is 4.98 Å². The zero-order chi connectivity index (χ0) is 24.6. The predicted octanol–water partition coefficient (Wildman–Crippen LogP) is 5.14. The quantitative estimate of drug-likeness (QED) is 0.391. The largest absolute Gasteiger partial charge is 0.491 e. The maximum Gasteiger partial charge on any atom is 0.241 e. The molecule has 3 aromatic rings. The number of aryl methyl sites for hydroxylation is 1. The average molecular weight is 497 g/mol. The van der Waals surface area contributed by atoms with E-state index in [1.807, 2.05) is 50.2 Å². The Morgan fingerprint density at radius 1 is 1.20 bits per heavy atom. The third kappa shape index (κ3) is 7.29. The van der Waals surface area contributed by atoms with Crippen LogP contribution in [0.5, 0.6) is 5.75 Å². The van der Waals surface area contributed by atoms with E-state index in [1.54, 1.807) is 0 Å². The molecule has 4 rings (SSSR count). The van der Waals surface area contributed by atoms with Crippen molar-refractivity contribution in [2.75, 3.05) is 19.6 Å². The SMILES string of the molecule is CC(C)Oc1cccc(CCCNC(=O)C2CCN(Cc3nc(-c4ccccc4Cl)no3)CC2)c1. The van der Waals surface area contributed by atoms with Gasteiger partial charge in [-0.3, -0.25) is 9.69 Å². The van der Waals surface area contributed by atoms with E-state index in [4.69, 9.17) is 20.9 Å². The Labute approximate surface area is 211 Å². The second-order valence-corrected chi connectivity index (χ2v) is 9.66. The Morgan fingerprint density at radius 3 is 2.77 bits per heavy atom. The Bertz CT molecular complexity index is 1110. The number of benzene rings is 2. The number of hydrogen-bond acceptors (Lipinski definition) is 6. The third-order valence-corrected chi connectivity index (χ3v) is 6.44. The number of carbonyl (C=O) groups is 1. The summed E-state index contributed by atoms with van der Waals surface area (Å²) in [5.74, 6) is 2.16. The lowest BCUT2D eigenvalue weighted by Crippen LogP contribution is -2.40. The molecule has 1 N–H and O–H groups in total. The minimum Gasteiger partial charge on any atom is -0.491 e. The minimum absolute atomic E-state index is 0.0513. The molecule has 1 saturated heterocycles. The highest BCUT2D eigenvalue weighted by Gasteiger charge is 2.26. The number of aromatic nitrogens is 2. The number of hydrogen-bond donors (Lipinski definition) is 1. The number of likely N-dealkylation sites (tertiary alicyclic amines) is 1. The lowest BCUT2D eigenvalue weighted by atomic mass is 9.96. The number of piperidine rings is 1. The van der Waals surface area contributed by atoms with Crippen LogP contribution in [0.3, 0.4) is 0 Å². The lowest BCUT2D eigenvalue weighted by Gasteiger charge is -2.30. The highest BCUT2D eigenvalue weighted by molar-refractivity contribution is 6.33. The van der Waals surface area contributed by atoms with E-state index >= 15 is 0 Å². The summed E-state index contributed by atoms with van der Waals surface area (Å²) in [4.78, 5) is 19.4. The van der Waals surface area contributed by atoms with E-state index in [-0.39, 0.29) is 17.9 Å². The summed E-state index contributed by atoms with van der Waals surface area (Å²) in [7, 11) is 0.